The van der Waals surface area contributed by atoms with Crippen molar-refractivity contribution in [3.63, 3.8) is 0 Å². The molecule has 94 valence electrons. The third-order valence-electron chi connectivity index (χ3n) is 3.76. The van der Waals surface area contributed by atoms with Crippen LogP contribution in [0.1, 0.15) is 40.0 Å². The molecule has 0 heterocycles. The van der Waals surface area contributed by atoms with Crippen molar-refractivity contribution in [1.82, 2.24) is 0 Å². The van der Waals surface area contributed by atoms with E-state index in [1.807, 2.05) is 19.1 Å². The van der Waals surface area contributed by atoms with Gasteiger partial charge in [0.2, 0.25) is 0 Å². The highest BCUT2D eigenvalue weighted by Gasteiger charge is 2.34. The van der Waals surface area contributed by atoms with E-state index in [9.17, 15) is 0 Å². The Kier molecular flexibility index (Phi) is 3.60. The van der Waals surface area contributed by atoms with Gasteiger partial charge < -0.3 is 10.1 Å². The zero-order chi connectivity index (χ0) is 12.3. The summed E-state index contributed by atoms with van der Waals surface area (Å²) in [6, 6.07) is 8.89. The predicted octanol–water partition coefficient (Wildman–Crippen LogP) is 4.08. The highest BCUT2D eigenvalue weighted by Crippen LogP contribution is 2.39. The zero-order valence-electron chi connectivity index (χ0n) is 11.1. The molecule has 1 unspecified atom stereocenters. The predicted molar refractivity (Wildman–Crippen MR) is 72.7 cm³/mol. The minimum absolute atomic E-state index is 0.415. The Hall–Kier alpha value is -1.18. The van der Waals surface area contributed by atoms with Crippen LogP contribution in [0.5, 0.6) is 5.75 Å². The molecule has 0 radical (unpaired) electrons. The number of rotatable bonds is 4. The Labute approximate surface area is 104 Å². The Balaban J connectivity index is 1.99. The fourth-order valence-corrected chi connectivity index (χ4v) is 2.61. The molecule has 2 heteroatoms. The van der Waals surface area contributed by atoms with Crippen molar-refractivity contribution in [2.24, 2.45) is 5.41 Å². The molecule has 1 fully saturated rings. The highest BCUT2D eigenvalue weighted by molar-refractivity contribution is 5.47. The van der Waals surface area contributed by atoms with Gasteiger partial charge in [-0.3, -0.25) is 0 Å². The second-order valence-corrected chi connectivity index (χ2v) is 5.54. The van der Waals surface area contributed by atoms with Crippen LogP contribution < -0.4 is 10.1 Å². The molecule has 17 heavy (non-hydrogen) atoms. The number of hydrogen-bond donors (Lipinski definition) is 1. The van der Waals surface area contributed by atoms with E-state index in [0.717, 1.165) is 12.4 Å². The first-order valence-corrected chi connectivity index (χ1v) is 6.61. The van der Waals surface area contributed by atoms with Crippen LogP contribution in [0.4, 0.5) is 5.69 Å². The van der Waals surface area contributed by atoms with Gasteiger partial charge in [-0.05, 0) is 49.4 Å². The van der Waals surface area contributed by atoms with Crippen LogP contribution in [0.3, 0.4) is 0 Å². The molecule has 1 aromatic carbocycles. The molecule has 1 aliphatic carbocycles. The zero-order valence-corrected chi connectivity index (χ0v) is 11.1. The molecule has 0 amide bonds. The average Bonchev–Trinajstić information content (AvgIpc) is 2.62. The summed E-state index contributed by atoms with van der Waals surface area (Å²) >= 11 is 0. The monoisotopic (exact) mass is 233 g/mol. The van der Waals surface area contributed by atoms with Gasteiger partial charge in [-0.1, -0.05) is 20.3 Å². The van der Waals surface area contributed by atoms with E-state index in [2.05, 4.69) is 31.3 Å². The van der Waals surface area contributed by atoms with Crippen LogP contribution in [-0.2, 0) is 0 Å². The van der Waals surface area contributed by atoms with Crippen LogP contribution in [0.15, 0.2) is 24.3 Å². The van der Waals surface area contributed by atoms with Gasteiger partial charge in [-0.2, -0.15) is 0 Å². The summed E-state index contributed by atoms with van der Waals surface area (Å²) in [6.07, 6.45) is 3.93. The summed E-state index contributed by atoms with van der Waals surface area (Å²) in [5.41, 5.74) is 1.62. The Morgan fingerprint density at radius 1 is 1.29 bits per heavy atom. The quantitative estimate of drug-likeness (QED) is 0.846. The summed E-state index contributed by atoms with van der Waals surface area (Å²) < 4.78 is 5.44. The summed E-state index contributed by atoms with van der Waals surface area (Å²) in [5.74, 6) is 0.948. The third kappa shape index (κ3) is 2.93. The van der Waals surface area contributed by atoms with E-state index in [0.29, 0.717) is 11.5 Å². The van der Waals surface area contributed by atoms with Gasteiger partial charge in [-0.15, -0.1) is 0 Å². The number of ether oxygens (including phenoxy) is 1. The van der Waals surface area contributed by atoms with Gasteiger partial charge in [-0.25, -0.2) is 0 Å². The van der Waals surface area contributed by atoms with Crippen LogP contribution >= 0.6 is 0 Å². The first-order valence-electron chi connectivity index (χ1n) is 6.61. The van der Waals surface area contributed by atoms with Gasteiger partial charge in [0.15, 0.2) is 0 Å². The van der Waals surface area contributed by atoms with E-state index < -0.39 is 0 Å². The molecule has 1 saturated carbocycles. The van der Waals surface area contributed by atoms with E-state index >= 15 is 0 Å². The third-order valence-corrected chi connectivity index (χ3v) is 3.76. The molecule has 0 bridgehead atoms. The molecule has 2 nitrogen and oxygen atoms in total. The van der Waals surface area contributed by atoms with Gasteiger partial charge in [0, 0.05) is 11.7 Å². The minimum atomic E-state index is 0.415. The summed E-state index contributed by atoms with van der Waals surface area (Å²) in [6.45, 7) is 7.44. The summed E-state index contributed by atoms with van der Waals surface area (Å²) in [4.78, 5) is 0. The maximum Gasteiger partial charge on any atom is 0.119 e. The normalized spacial score (nSPS) is 22.4. The maximum absolute atomic E-state index is 5.44. The Morgan fingerprint density at radius 2 is 2.00 bits per heavy atom. The van der Waals surface area contributed by atoms with E-state index in [-0.39, 0.29) is 0 Å². The van der Waals surface area contributed by atoms with Crippen molar-refractivity contribution in [2.45, 2.75) is 46.1 Å². The van der Waals surface area contributed by atoms with Crippen molar-refractivity contribution in [3.05, 3.63) is 24.3 Å². The molecular weight excluding hydrogens is 210 g/mol. The lowest BCUT2D eigenvalue weighted by molar-refractivity contribution is 0.340. The first kappa shape index (κ1) is 12.3. The molecule has 1 N–H and O–H groups in total. The van der Waals surface area contributed by atoms with E-state index in [1.54, 1.807) is 0 Å². The molecule has 0 spiro atoms. The van der Waals surface area contributed by atoms with Gasteiger partial charge in [0.1, 0.15) is 5.75 Å². The minimum Gasteiger partial charge on any atom is -0.494 e. The molecule has 2 rings (SSSR count). The van der Waals surface area contributed by atoms with E-state index in [1.165, 1.54) is 24.9 Å². The molecule has 0 saturated heterocycles. The van der Waals surface area contributed by atoms with Crippen LogP contribution in [0.25, 0.3) is 0 Å². The SMILES string of the molecule is CCOc1ccc(NC2CCCC2(C)C)cc1. The Morgan fingerprint density at radius 3 is 2.53 bits per heavy atom. The van der Waals surface area contributed by atoms with Crippen LogP contribution in [-0.4, -0.2) is 12.6 Å². The van der Waals surface area contributed by atoms with Crippen molar-refractivity contribution in [3.8, 4) is 5.75 Å². The lowest BCUT2D eigenvalue weighted by atomic mass is 9.87. The fourth-order valence-electron chi connectivity index (χ4n) is 2.61. The molecule has 1 aliphatic rings. The summed E-state index contributed by atoms with van der Waals surface area (Å²) in [5, 5.41) is 3.64. The van der Waals surface area contributed by atoms with Crippen LogP contribution in [0, 0.1) is 5.41 Å². The molecule has 0 aliphatic heterocycles. The van der Waals surface area contributed by atoms with E-state index in [4.69, 9.17) is 4.74 Å². The number of nitrogens with one attached hydrogen (secondary N) is 1. The Bertz CT molecular complexity index is 356. The topological polar surface area (TPSA) is 21.3 Å². The fraction of sp³-hybridized carbons (Fsp3) is 0.600. The second kappa shape index (κ2) is 4.99. The van der Waals surface area contributed by atoms with Crippen molar-refractivity contribution < 1.29 is 4.74 Å². The first-order chi connectivity index (χ1) is 8.12. The highest BCUT2D eigenvalue weighted by atomic mass is 16.5. The number of anilines is 1. The second-order valence-electron chi connectivity index (χ2n) is 5.54. The molecular formula is C15H23NO. The lowest BCUT2D eigenvalue weighted by Crippen LogP contribution is -2.30. The molecule has 1 atom stereocenters. The smallest absolute Gasteiger partial charge is 0.119 e. The number of hydrogen-bond acceptors (Lipinski definition) is 2. The van der Waals surface area contributed by atoms with Gasteiger partial charge in [0.25, 0.3) is 0 Å². The van der Waals surface area contributed by atoms with Crippen molar-refractivity contribution >= 4 is 5.69 Å². The largest absolute Gasteiger partial charge is 0.494 e. The number of benzene rings is 1. The standard InChI is InChI=1S/C15H23NO/c1-4-17-13-9-7-12(8-10-13)16-14-6-5-11-15(14,2)3/h7-10,14,16H,4-6,11H2,1-3H3. The molecule has 0 aromatic heterocycles. The average molecular weight is 233 g/mol. The lowest BCUT2D eigenvalue weighted by Gasteiger charge is -2.28. The molecule has 1 aromatic rings. The van der Waals surface area contributed by atoms with Gasteiger partial charge >= 0.3 is 0 Å². The summed E-state index contributed by atoms with van der Waals surface area (Å²) in [7, 11) is 0. The van der Waals surface area contributed by atoms with Crippen LogP contribution in [0.2, 0.25) is 0 Å². The van der Waals surface area contributed by atoms with Crippen molar-refractivity contribution in [1.29, 1.82) is 0 Å². The maximum atomic E-state index is 5.44. The van der Waals surface area contributed by atoms with Gasteiger partial charge in [0.05, 0.1) is 6.61 Å². The van der Waals surface area contributed by atoms with Crippen molar-refractivity contribution in [2.75, 3.05) is 11.9 Å².